The summed E-state index contributed by atoms with van der Waals surface area (Å²) in [6.45, 7) is 0. The third-order valence-corrected chi connectivity index (χ3v) is 4.89. The van der Waals surface area contributed by atoms with E-state index in [4.69, 9.17) is 4.84 Å². The lowest BCUT2D eigenvalue weighted by Crippen LogP contribution is -2.30. The number of hydrogen-bond acceptors (Lipinski definition) is 2. The number of hydroxylamine groups is 1. The Morgan fingerprint density at radius 3 is 1.71 bits per heavy atom. The number of hydrogen-bond donors (Lipinski definition) is 0. The van der Waals surface area contributed by atoms with E-state index in [-0.39, 0.29) is 0 Å². The monoisotopic (exact) mass is 361 g/mol. The van der Waals surface area contributed by atoms with Crippen molar-refractivity contribution in [2.45, 2.75) is 0 Å². The zero-order chi connectivity index (χ0) is 18.8. The molecule has 0 spiro atoms. The largest absolute Gasteiger partial charge is 0.374 e. The minimum Gasteiger partial charge on any atom is -0.374 e. The first-order chi connectivity index (χ1) is 13.9. The summed E-state index contributed by atoms with van der Waals surface area (Å²) >= 11 is 0. The van der Waals surface area contributed by atoms with Crippen molar-refractivity contribution in [3.63, 3.8) is 0 Å². The van der Waals surface area contributed by atoms with Gasteiger partial charge >= 0.3 is 0 Å². The first kappa shape index (κ1) is 16.4. The Labute approximate surface area is 164 Å². The highest BCUT2D eigenvalue weighted by atomic mass is 16.7. The van der Waals surface area contributed by atoms with Crippen molar-refractivity contribution in [2.75, 3.05) is 5.06 Å². The van der Waals surface area contributed by atoms with Crippen molar-refractivity contribution >= 4 is 17.0 Å². The summed E-state index contributed by atoms with van der Waals surface area (Å²) in [5.41, 5.74) is 6.57. The summed E-state index contributed by atoms with van der Waals surface area (Å²) in [6, 6.07) is 39.4. The fraction of sp³-hybridized carbons (Fsp3) is 0. The first-order valence-corrected chi connectivity index (χ1v) is 9.39. The minimum absolute atomic E-state index is 0.852. The lowest BCUT2D eigenvalue weighted by Gasteiger charge is -2.34. The molecule has 0 radical (unpaired) electrons. The van der Waals surface area contributed by atoms with Crippen LogP contribution in [-0.2, 0) is 0 Å². The van der Waals surface area contributed by atoms with Gasteiger partial charge in [0.2, 0.25) is 0 Å². The summed E-state index contributed by atoms with van der Waals surface area (Å²) in [7, 11) is 0. The van der Waals surface area contributed by atoms with E-state index in [1.54, 1.807) is 0 Å². The topological polar surface area (TPSA) is 12.5 Å². The maximum atomic E-state index is 6.41. The number of rotatable bonds is 3. The minimum atomic E-state index is 0.852. The molecule has 0 aliphatic carbocycles. The highest BCUT2D eigenvalue weighted by Gasteiger charge is 2.29. The summed E-state index contributed by atoms with van der Waals surface area (Å²) in [4.78, 5) is 6.41. The Balaban J connectivity index is 1.86. The molecule has 0 atom stereocenters. The van der Waals surface area contributed by atoms with Crippen LogP contribution in [-0.4, -0.2) is 0 Å². The van der Waals surface area contributed by atoms with Crippen LogP contribution in [0.5, 0.6) is 5.75 Å². The second kappa shape index (κ2) is 7.09. The van der Waals surface area contributed by atoms with Crippen molar-refractivity contribution in [3.05, 3.63) is 132 Å². The molecule has 0 saturated heterocycles. The molecule has 4 aromatic rings. The molecule has 0 aromatic heterocycles. The third kappa shape index (κ3) is 2.85. The molecule has 134 valence electrons. The third-order valence-electron chi connectivity index (χ3n) is 4.89. The second-order valence-corrected chi connectivity index (χ2v) is 6.67. The Hall–Kier alpha value is -3.78. The zero-order valence-corrected chi connectivity index (χ0v) is 15.3. The van der Waals surface area contributed by atoms with Crippen LogP contribution in [0.4, 0.5) is 5.69 Å². The van der Waals surface area contributed by atoms with Crippen molar-refractivity contribution in [3.8, 4) is 5.75 Å². The predicted octanol–water partition coefficient (Wildman–Crippen LogP) is 6.42. The lowest BCUT2D eigenvalue weighted by atomic mass is 9.91. The van der Waals surface area contributed by atoms with E-state index < -0.39 is 0 Å². The molecule has 5 rings (SSSR count). The number of nitrogens with zero attached hydrogens (tertiary/aromatic N) is 1. The van der Waals surface area contributed by atoms with Crippen LogP contribution in [0.2, 0.25) is 0 Å². The smallest absolute Gasteiger partial charge is 0.163 e. The molecular weight excluding hydrogens is 342 g/mol. The van der Waals surface area contributed by atoms with Gasteiger partial charge in [0.15, 0.2) is 5.75 Å². The number of benzene rings is 4. The molecule has 4 aromatic carbocycles. The van der Waals surface area contributed by atoms with Crippen molar-refractivity contribution < 1.29 is 4.84 Å². The molecule has 0 fully saturated rings. The molecule has 1 aliphatic heterocycles. The van der Waals surface area contributed by atoms with Gasteiger partial charge in [-0.3, -0.25) is 0 Å². The van der Waals surface area contributed by atoms with Crippen LogP contribution >= 0.6 is 0 Å². The average Bonchev–Trinajstić information content (AvgIpc) is 2.79. The molecule has 0 amide bonds. The van der Waals surface area contributed by atoms with Crippen LogP contribution in [0.25, 0.3) is 11.3 Å². The van der Waals surface area contributed by atoms with Gasteiger partial charge in [-0.2, -0.15) is 5.06 Å². The van der Waals surface area contributed by atoms with Gasteiger partial charge in [0.1, 0.15) is 0 Å². The Morgan fingerprint density at radius 1 is 0.500 bits per heavy atom. The van der Waals surface area contributed by atoms with Crippen molar-refractivity contribution in [1.82, 2.24) is 0 Å². The fourth-order valence-electron chi connectivity index (χ4n) is 3.63. The molecule has 0 N–H and O–H groups in total. The SMILES string of the molecule is c1ccc(C2=C(c3ccccc3)N(c3ccccc3)Oc3ccccc32)cc1. The van der Waals surface area contributed by atoms with E-state index in [0.29, 0.717) is 0 Å². The van der Waals surface area contributed by atoms with Gasteiger partial charge in [-0.15, -0.1) is 0 Å². The van der Waals surface area contributed by atoms with Gasteiger partial charge in [0.25, 0.3) is 0 Å². The molecule has 0 bridgehead atoms. The first-order valence-electron chi connectivity index (χ1n) is 9.39. The van der Waals surface area contributed by atoms with E-state index in [2.05, 4.69) is 72.8 Å². The Morgan fingerprint density at radius 2 is 1.04 bits per heavy atom. The quantitative estimate of drug-likeness (QED) is 0.418. The van der Waals surface area contributed by atoms with Crippen LogP contribution in [0.3, 0.4) is 0 Å². The van der Waals surface area contributed by atoms with Gasteiger partial charge < -0.3 is 4.84 Å². The predicted molar refractivity (Wildman–Crippen MR) is 115 cm³/mol. The van der Waals surface area contributed by atoms with Gasteiger partial charge in [0.05, 0.1) is 11.4 Å². The Kier molecular flexibility index (Phi) is 4.15. The molecule has 28 heavy (non-hydrogen) atoms. The van der Waals surface area contributed by atoms with Gasteiger partial charge in [0, 0.05) is 16.7 Å². The summed E-state index contributed by atoms with van der Waals surface area (Å²) in [6.07, 6.45) is 0. The van der Waals surface area contributed by atoms with Crippen molar-refractivity contribution in [2.24, 2.45) is 0 Å². The highest BCUT2D eigenvalue weighted by molar-refractivity contribution is 6.05. The maximum absolute atomic E-state index is 6.41. The summed E-state index contributed by atoms with van der Waals surface area (Å²) in [5.74, 6) is 0.852. The summed E-state index contributed by atoms with van der Waals surface area (Å²) in [5, 5.41) is 1.94. The Bertz CT molecular complexity index is 1120. The van der Waals surface area contributed by atoms with Crippen LogP contribution in [0.1, 0.15) is 16.7 Å². The molecule has 2 heteroatoms. The molecule has 0 saturated carbocycles. The summed E-state index contributed by atoms with van der Waals surface area (Å²) < 4.78 is 0. The number of anilines is 1. The van der Waals surface area contributed by atoms with Gasteiger partial charge in [-0.25, -0.2) is 0 Å². The highest BCUT2D eigenvalue weighted by Crippen LogP contribution is 2.44. The van der Waals surface area contributed by atoms with Gasteiger partial charge in [-0.1, -0.05) is 97.1 Å². The molecule has 2 nitrogen and oxygen atoms in total. The standard InChI is InChI=1S/C26H19NO/c1-4-12-20(13-5-1)25-23-18-10-11-19-24(23)28-27(22-16-8-3-9-17-22)26(25)21-14-6-2-7-15-21/h1-19H. The van der Waals surface area contributed by atoms with Crippen molar-refractivity contribution in [1.29, 1.82) is 0 Å². The zero-order valence-electron chi connectivity index (χ0n) is 15.3. The number of para-hydroxylation sites is 2. The molecule has 0 unspecified atom stereocenters. The average molecular weight is 361 g/mol. The van der Waals surface area contributed by atoms with E-state index in [1.165, 1.54) is 0 Å². The van der Waals surface area contributed by atoms with E-state index in [9.17, 15) is 0 Å². The maximum Gasteiger partial charge on any atom is 0.163 e. The lowest BCUT2D eigenvalue weighted by molar-refractivity contribution is 0.322. The van der Waals surface area contributed by atoms with Crippen LogP contribution < -0.4 is 9.90 Å². The second-order valence-electron chi connectivity index (χ2n) is 6.67. The molecule has 1 aliphatic rings. The van der Waals surface area contributed by atoms with Crippen LogP contribution in [0, 0.1) is 0 Å². The number of fused-ring (bicyclic) bond motifs is 1. The van der Waals surface area contributed by atoms with Gasteiger partial charge in [-0.05, 0) is 23.8 Å². The van der Waals surface area contributed by atoms with E-state index >= 15 is 0 Å². The fourth-order valence-corrected chi connectivity index (χ4v) is 3.63. The molecule has 1 heterocycles. The van der Waals surface area contributed by atoms with Crippen LogP contribution in [0.15, 0.2) is 115 Å². The van der Waals surface area contributed by atoms with E-state index in [0.717, 1.165) is 39.4 Å². The van der Waals surface area contributed by atoms with E-state index in [1.807, 2.05) is 47.5 Å². The molecular formula is C26H19NO. The normalized spacial score (nSPS) is 13.1.